The summed E-state index contributed by atoms with van der Waals surface area (Å²) in [7, 11) is 0. The summed E-state index contributed by atoms with van der Waals surface area (Å²) in [5, 5.41) is 3.57. The van der Waals surface area contributed by atoms with Crippen molar-refractivity contribution in [2.45, 2.75) is 45.3 Å². The highest BCUT2D eigenvalue weighted by atomic mass is 16.6. The van der Waals surface area contributed by atoms with Crippen LogP contribution >= 0.6 is 0 Å². The van der Waals surface area contributed by atoms with Gasteiger partial charge in [-0.2, -0.15) is 0 Å². The van der Waals surface area contributed by atoms with E-state index in [0.29, 0.717) is 25.9 Å². The van der Waals surface area contributed by atoms with Gasteiger partial charge < -0.3 is 19.7 Å². The molecule has 0 aromatic heterocycles. The van der Waals surface area contributed by atoms with Gasteiger partial charge in [-0.25, -0.2) is 4.79 Å². The number of aldehydes is 1. The molecule has 0 bridgehead atoms. The maximum absolute atomic E-state index is 12.4. The van der Waals surface area contributed by atoms with Crippen molar-refractivity contribution in [3.8, 4) is 0 Å². The molecule has 1 fully saturated rings. The molecular weight excluding hydrogens is 364 g/mol. The van der Waals surface area contributed by atoms with Gasteiger partial charge in [-0.3, -0.25) is 0 Å². The monoisotopic (exact) mass is 394 g/mol. The van der Waals surface area contributed by atoms with Crippen LogP contribution in [0.1, 0.15) is 45.2 Å². The van der Waals surface area contributed by atoms with E-state index in [1.807, 2.05) is 81.4 Å². The quantitative estimate of drug-likeness (QED) is 0.721. The third-order valence-electron chi connectivity index (χ3n) is 5.37. The number of hydrogen-bond acceptors (Lipinski definition) is 4. The Morgan fingerprint density at radius 3 is 2.10 bits per heavy atom. The molecule has 1 aliphatic rings. The van der Waals surface area contributed by atoms with Crippen molar-refractivity contribution in [2.75, 3.05) is 18.4 Å². The van der Waals surface area contributed by atoms with Gasteiger partial charge in [-0.1, -0.05) is 48.5 Å². The molecule has 0 saturated carbocycles. The number of likely N-dealkylation sites (tertiary alicyclic amines) is 1. The molecule has 0 radical (unpaired) electrons. The minimum Gasteiger partial charge on any atom is -0.444 e. The predicted molar refractivity (Wildman–Crippen MR) is 115 cm³/mol. The molecule has 154 valence electrons. The fourth-order valence-corrected chi connectivity index (χ4v) is 3.81. The van der Waals surface area contributed by atoms with Gasteiger partial charge in [-0.05, 0) is 51.3 Å². The van der Waals surface area contributed by atoms with Crippen LogP contribution in [0.25, 0.3) is 0 Å². The van der Waals surface area contributed by atoms with Crippen molar-refractivity contribution < 1.29 is 14.3 Å². The standard InChI is InChI=1S/C24H30N2O3/c1-23(2,3)29-22(28)26-16-14-24(18-27,15-17-26)21(19-10-6-4-7-11-19)25-20-12-8-5-9-13-20/h4-13,18,21,25H,14-17H2,1-3H3. The van der Waals surface area contributed by atoms with Crippen LogP contribution in [0.5, 0.6) is 0 Å². The number of benzene rings is 2. The molecule has 1 unspecified atom stereocenters. The Morgan fingerprint density at radius 2 is 1.59 bits per heavy atom. The second-order valence-corrected chi connectivity index (χ2v) is 8.67. The summed E-state index contributed by atoms with van der Waals surface area (Å²) in [6.07, 6.45) is 1.92. The van der Waals surface area contributed by atoms with Crippen LogP contribution in [0.3, 0.4) is 0 Å². The topological polar surface area (TPSA) is 58.6 Å². The summed E-state index contributed by atoms with van der Waals surface area (Å²) in [6, 6.07) is 19.8. The number of carbonyl (C=O) groups excluding carboxylic acids is 2. The smallest absolute Gasteiger partial charge is 0.410 e. The van der Waals surface area contributed by atoms with Crippen molar-refractivity contribution in [1.29, 1.82) is 0 Å². The van der Waals surface area contributed by atoms with Gasteiger partial charge in [0.1, 0.15) is 11.9 Å². The zero-order valence-electron chi connectivity index (χ0n) is 17.4. The summed E-state index contributed by atoms with van der Waals surface area (Å²) >= 11 is 0. The fourth-order valence-electron chi connectivity index (χ4n) is 3.81. The molecule has 1 saturated heterocycles. The number of piperidine rings is 1. The van der Waals surface area contributed by atoms with Gasteiger partial charge in [0.2, 0.25) is 0 Å². The number of amides is 1. The lowest BCUT2D eigenvalue weighted by Crippen LogP contribution is -2.49. The van der Waals surface area contributed by atoms with E-state index in [0.717, 1.165) is 17.5 Å². The number of rotatable bonds is 5. The molecule has 2 aromatic carbocycles. The van der Waals surface area contributed by atoms with Crippen molar-refractivity contribution >= 4 is 18.1 Å². The lowest BCUT2D eigenvalue weighted by molar-refractivity contribution is -0.120. The van der Waals surface area contributed by atoms with Crippen LogP contribution in [0.15, 0.2) is 60.7 Å². The number of carbonyl (C=O) groups is 2. The zero-order valence-corrected chi connectivity index (χ0v) is 17.4. The first-order valence-corrected chi connectivity index (χ1v) is 10.1. The van der Waals surface area contributed by atoms with E-state index in [-0.39, 0.29) is 12.1 Å². The van der Waals surface area contributed by atoms with Crippen molar-refractivity contribution in [3.05, 3.63) is 66.2 Å². The molecule has 2 aromatic rings. The van der Waals surface area contributed by atoms with Gasteiger partial charge in [-0.15, -0.1) is 0 Å². The molecule has 1 heterocycles. The van der Waals surface area contributed by atoms with Crippen LogP contribution < -0.4 is 5.32 Å². The Balaban J connectivity index is 1.82. The minimum absolute atomic E-state index is 0.176. The van der Waals surface area contributed by atoms with E-state index in [4.69, 9.17) is 4.74 Å². The molecule has 29 heavy (non-hydrogen) atoms. The summed E-state index contributed by atoms with van der Waals surface area (Å²) < 4.78 is 5.50. The minimum atomic E-state index is -0.601. The average Bonchev–Trinajstić information content (AvgIpc) is 2.72. The summed E-state index contributed by atoms with van der Waals surface area (Å²) in [5.41, 5.74) is 0.902. The van der Waals surface area contributed by atoms with E-state index in [2.05, 4.69) is 5.32 Å². The number of hydrogen-bond donors (Lipinski definition) is 1. The first-order chi connectivity index (χ1) is 13.8. The SMILES string of the molecule is CC(C)(C)OC(=O)N1CCC(C=O)(C(Nc2ccccc2)c2ccccc2)CC1. The van der Waals surface area contributed by atoms with Gasteiger partial charge >= 0.3 is 6.09 Å². The van der Waals surface area contributed by atoms with Gasteiger partial charge in [0, 0.05) is 18.8 Å². The second-order valence-electron chi connectivity index (χ2n) is 8.67. The Morgan fingerprint density at radius 1 is 1.03 bits per heavy atom. The summed E-state index contributed by atoms with van der Waals surface area (Å²) in [4.78, 5) is 26.6. The number of nitrogens with one attached hydrogen (secondary N) is 1. The summed E-state index contributed by atoms with van der Waals surface area (Å²) in [6.45, 7) is 6.57. The first kappa shape index (κ1) is 20.9. The molecule has 1 atom stereocenters. The van der Waals surface area contributed by atoms with E-state index in [1.54, 1.807) is 4.90 Å². The van der Waals surface area contributed by atoms with Crippen LogP contribution in [0.4, 0.5) is 10.5 Å². The molecule has 5 heteroatoms. The van der Waals surface area contributed by atoms with E-state index in [9.17, 15) is 9.59 Å². The molecule has 1 N–H and O–H groups in total. The lowest BCUT2D eigenvalue weighted by Gasteiger charge is -2.43. The largest absolute Gasteiger partial charge is 0.444 e. The summed E-state index contributed by atoms with van der Waals surface area (Å²) in [5.74, 6) is 0. The van der Waals surface area contributed by atoms with Gasteiger partial charge in [0.25, 0.3) is 0 Å². The highest BCUT2D eigenvalue weighted by Gasteiger charge is 2.44. The Labute approximate surface area is 173 Å². The highest BCUT2D eigenvalue weighted by Crippen LogP contribution is 2.43. The number of ether oxygens (including phenoxy) is 1. The Bertz CT molecular complexity index is 807. The Hall–Kier alpha value is -2.82. The third-order valence-corrected chi connectivity index (χ3v) is 5.37. The van der Waals surface area contributed by atoms with Crippen LogP contribution in [0.2, 0.25) is 0 Å². The maximum Gasteiger partial charge on any atom is 0.410 e. The molecule has 3 rings (SSSR count). The normalized spacial score (nSPS) is 17.3. The molecule has 1 amide bonds. The van der Waals surface area contributed by atoms with Crippen molar-refractivity contribution in [1.82, 2.24) is 4.90 Å². The molecular formula is C24H30N2O3. The number of para-hydroxylation sites is 1. The predicted octanol–water partition coefficient (Wildman–Crippen LogP) is 5.06. The number of nitrogens with zero attached hydrogens (tertiary/aromatic N) is 1. The molecule has 0 aliphatic carbocycles. The van der Waals surface area contributed by atoms with Gasteiger partial charge in [0.15, 0.2) is 0 Å². The third kappa shape index (κ3) is 5.17. The van der Waals surface area contributed by atoms with Crippen LogP contribution in [0, 0.1) is 5.41 Å². The maximum atomic E-state index is 12.4. The lowest BCUT2D eigenvalue weighted by atomic mass is 9.71. The second kappa shape index (κ2) is 8.68. The van der Waals surface area contributed by atoms with Crippen molar-refractivity contribution in [3.63, 3.8) is 0 Å². The zero-order chi connectivity index (χ0) is 20.9. The highest BCUT2D eigenvalue weighted by molar-refractivity contribution is 5.70. The number of anilines is 1. The van der Waals surface area contributed by atoms with Crippen LogP contribution in [-0.2, 0) is 9.53 Å². The van der Waals surface area contributed by atoms with E-state index >= 15 is 0 Å². The molecule has 1 aliphatic heterocycles. The van der Waals surface area contributed by atoms with Crippen LogP contribution in [-0.4, -0.2) is 36.0 Å². The fraction of sp³-hybridized carbons (Fsp3) is 0.417. The molecule has 5 nitrogen and oxygen atoms in total. The van der Waals surface area contributed by atoms with E-state index < -0.39 is 11.0 Å². The first-order valence-electron chi connectivity index (χ1n) is 10.1. The van der Waals surface area contributed by atoms with Gasteiger partial charge in [0.05, 0.1) is 11.5 Å². The van der Waals surface area contributed by atoms with E-state index in [1.165, 1.54) is 0 Å². The average molecular weight is 395 g/mol. The Kier molecular flexibility index (Phi) is 6.26. The molecule has 0 spiro atoms. The van der Waals surface area contributed by atoms with Crippen molar-refractivity contribution in [2.24, 2.45) is 5.41 Å².